The van der Waals surface area contributed by atoms with Gasteiger partial charge < -0.3 is 18.9 Å². The quantitative estimate of drug-likeness (QED) is 0.233. The molecule has 0 saturated heterocycles. The summed E-state index contributed by atoms with van der Waals surface area (Å²) in [5.41, 5.74) is 0.388. The van der Waals surface area contributed by atoms with Crippen molar-refractivity contribution in [3.63, 3.8) is 0 Å². The molecule has 0 aromatic heterocycles. The normalized spacial score (nSPS) is 10.3. The minimum absolute atomic E-state index is 0.105. The minimum atomic E-state index is -0.646. The van der Waals surface area contributed by atoms with Crippen LogP contribution < -0.4 is 14.2 Å². The highest BCUT2D eigenvalue weighted by Gasteiger charge is 2.20. The van der Waals surface area contributed by atoms with Crippen LogP contribution in [0.15, 0.2) is 77.3 Å². The fraction of sp³-hybridized carbons (Fsp3) is 0.167. The molecule has 0 radical (unpaired) electrons. The van der Waals surface area contributed by atoms with Gasteiger partial charge in [0.15, 0.2) is 0 Å². The Morgan fingerprint density at radius 3 is 2.26 bits per heavy atom. The number of hydrogen-bond acceptors (Lipinski definition) is 6. The molecule has 7 heteroatoms. The van der Waals surface area contributed by atoms with Crippen molar-refractivity contribution in [2.24, 2.45) is 0 Å². The molecule has 0 aliphatic carbocycles. The summed E-state index contributed by atoms with van der Waals surface area (Å²) in [6, 6.07) is 20.9. The molecule has 3 aromatic carbocycles. The van der Waals surface area contributed by atoms with Crippen molar-refractivity contribution in [3.8, 4) is 17.2 Å². The lowest BCUT2D eigenvalue weighted by atomic mass is 10.2. The van der Waals surface area contributed by atoms with Crippen molar-refractivity contribution in [1.82, 2.24) is 0 Å². The summed E-state index contributed by atoms with van der Waals surface area (Å²) in [5.74, 6) is -0.0185. The van der Waals surface area contributed by atoms with Crippen LogP contribution in [0.1, 0.15) is 27.6 Å². The molecular formula is C24H21BrO6. The van der Waals surface area contributed by atoms with E-state index in [4.69, 9.17) is 18.9 Å². The highest BCUT2D eigenvalue weighted by Crippen LogP contribution is 2.27. The van der Waals surface area contributed by atoms with Crippen LogP contribution >= 0.6 is 15.9 Å². The maximum Gasteiger partial charge on any atom is 0.347 e. The monoisotopic (exact) mass is 484 g/mol. The second-order valence-electron chi connectivity index (χ2n) is 6.26. The molecule has 0 spiro atoms. The molecule has 31 heavy (non-hydrogen) atoms. The second-order valence-corrected chi connectivity index (χ2v) is 7.17. The average Bonchev–Trinajstić information content (AvgIpc) is 2.79. The Morgan fingerprint density at radius 2 is 1.48 bits per heavy atom. The van der Waals surface area contributed by atoms with Gasteiger partial charge in [-0.25, -0.2) is 9.59 Å². The Balaban J connectivity index is 1.68. The van der Waals surface area contributed by atoms with Crippen LogP contribution in [0.25, 0.3) is 0 Å². The van der Waals surface area contributed by atoms with E-state index in [2.05, 4.69) is 15.9 Å². The lowest BCUT2D eigenvalue weighted by Crippen LogP contribution is -2.15. The van der Waals surface area contributed by atoms with Gasteiger partial charge in [-0.1, -0.05) is 46.3 Å². The molecule has 0 saturated carbocycles. The lowest BCUT2D eigenvalue weighted by molar-refractivity contribution is 0.0520. The topological polar surface area (TPSA) is 71.1 Å². The molecule has 0 heterocycles. The Morgan fingerprint density at radius 1 is 0.774 bits per heavy atom. The van der Waals surface area contributed by atoms with E-state index in [9.17, 15) is 9.59 Å². The maximum atomic E-state index is 12.8. The molecule has 6 nitrogen and oxygen atoms in total. The molecule has 0 N–H and O–H groups in total. The van der Waals surface area contributed by atoms with Crippen LogP contribution in [0, 0.1) is 0 Å². The minimum Gasteiger partial charge on any atom is -0.490 e. The first-order chi connectivity index (χ1) is 15.1. The first-order valence-electron chi connectivity index (χ1n) is 9.67. The van der Waals surface area contributed by atoms with Crippen LogP contribution in [0.4, 0.5) is 0 Å². The number of ether oxygens (including phenoxy) is 4. The smallest absolute Gasteiger partial charge is 0.347 e. The third-order valence-electron chi connectivity index (χ3n) is 4.10. The summed E-state index contributed by atoms with van der Waals surface area (Å²) < 4.78 is 22.5. The molecule has 0 unspecified atom stereocenters. The molecule has 3 rings (SSSR count). The predicted octanol–water partition coefficient (Wildman–Crippen LogP) is 5.30. The van der Waals surface area contributed by atoms with E-state index < -0.39 is 11.9 Å². The number of carbonyl (C=O) groups is 2. The van der Waals surface area contributed by atoms with E-state index in [1.54, 1.807) is 43.3 Å². The Bertz CT molecular complexity index is 1040. The zero-order chi connectivity index (χ0) is 22.1. The van der Waals surface area contributed by atoms with Crippen molar-refractivity contribution < 1.29 is 28.5 Å². The highest BCUT2D eigenvalue weighted by atomic mass is 79.9. The molecule has 0 bridgehead atoms. The lowest BCUT2D eigenvalue weighted by Gasteiger charge is -2.13. The van der Waals surface area contributed by atoms with Crippen molar-refractivity contribution >= 4 is 27.9 Å². The number of esters is 2. The summed E-state index contributed by atoms with van der Waals surface area (Å²) in [6.45, 7) is 2.47. The summed E-state index contributed by atoms with van der Waals surface area (Å²) >= 11 is 3.31. The fourth-order valence-electron chi connectivity index (χ4n) is 2.70. The Kier molecular flexibility index (Phi) is 8.06. The largest absolute Gasteiger partial charge is 0.490 e. The van der Waals surface area contributed by atoms with Crippen molar-refractivity contribution in [3.05, 3.63) is 88.4 Å². The third kappa shape index (κ3) is 6.33. The molecule has 0 aliphatic rings. The first kappa shape index (κ1) is 22.4. The zero-order valence-corrected chi connectivity index (χ0v) is 18.5. The van der Waals surface area contributed by atoms with Gasteiger partial charge >= 0.3 is 11.9 Å². The van der Waals surface area contributed by atoms with Gasteiger partial charge in [-0.05, 0) is 49.4 Å². The molecule has 160 valence electrons. The van der Waals surface area contributed by atoms with Crippen LogP contribution in [-0.2, 0) is 4.74 Å². The SMILES string of the molecule is CCOC(=O)c1cc(Br)ccc1OC(=O)c1ccccc1OCCOc1ccccc1. The van der Waals surface area contributed by atoms with Crippen LogP contribution in [0.3, 0.4) is 0 Å². The molecular weight excluding hydrogens is 464 g/mol. The van der Waals surface area contributed by atoms with Gasteiger partial charge in [0, 0.05) is 4.47 Å². The summed E-state index contributed by atoms with van der Waals surface area (Å²) in [5, 5.41) is 0. The standard InChI is InChI=1S/C24H21BrO6/c1-2-28-23(26)20-16-17(25)12-13-22(20)31-24(27)19-10-6-7-11-21(19)30-15-14-29-18-8-4-3-5-9-18/h3-13,16H,2,14-15H2,1H3. The Hall–Kier alpha value is -3.32. The second kappa shape index (κ2) is 11.2. The van der Waals surface area contributed by atoms with Gasteiger partial charge in [-0.2, -0.15) is 0 Å². The zero-order valence-electron chi connectivity index (χ0n) is 16.9. The highest BCUT2D eigenvalue weighted by molar-refractivity contribution is 9.10. The van der Waals surface area contributed by atoms with Crippen molar-refractivity contribution in [1.29, 1.82) is 0 Å². The van der Waals surface area contributed by atoms with E-state index in [-0.39, 0.29) is 30.1 Å². The van der Waals surface area contributed by atoms with E-state index >= 15 is 0 Å². The van der Waals surface area contributed by atoms with Gasteiger partial charge in [-0.3, -0.25) is 0 Å². The summed E-state index contributed by atoms with van der Waals surface area (Å²) in [4.78, 5) is 25.0. The van der Waals surface area contributed by atoms with Crippen LogP contribution in [0.2, 0.25) is 0 Å². The molecule has 0 aliphatic heterocycles. The number of benzene rings is 3. The van der Waals surface area contributed by atoms with Gasteiger partial charge in [-0.15, -0.1) is 0 Å². The van der Waals surface area contributed by atoms with Crippen molar-refractivity contribution in [2.75, 3.05) is 19.8 Å². The van der Waals surface area contributed by atoms with Crippen LogP contribution in [-0.4, -0.2) is 31.8 Å². The predicted molar refractivity (Wildman–Crippen MR) is 119 cm³/mol. The van der Waals surface area contributed by atoms with E-state index in [1.165, 1.54) is 6.07 Å². The molecule has 0 fully saturated rings. The van der Waals surface area contributed by atoms with E-state index in [0.717, 1.165) is 5.75 Å². The maximum absolute atomic E-state index is 12.8. The Labute approximate surface area is 188 Å². The third-order valence-corrected chi connectivity index (χ3v) is 4.59. The average molecular weight is 485 g/mol. The number of para-hydroxylation sites is 2. The van der Waals surface area contributed by atoms with Gasteiger partial charge in [0.25, 0.3) is 0 Å². The fourth-order valence-corrected chi connectivity index (χ4v) is 3.06. The first-order valence-corrected chi connectivity index (χ1v) is 10.5. The molecule has 0 amide bonds. The number of hydrogen-bond donors (Lipinski definition) is 0. The van der Waals surface area contributed by atoms with Crippen molar-refractivity contribution in [2.45, 2.75) is 6.92 Å². The molecule has 0 atom stereocenters. The van der Waals surface area contributed by atoms with Gasteiger partial charge in [0.2, 0.25) is 0 Å². The number of halogens is 1. The van der Waals surface area contributed by atoms with Crippen LogP contribution in [0.5, 0.6) is 17.2 Å². The molecule has 3 aromatic rings. The summed E-state index contributed by atoms with van der Waals surface area (Å²) in [6.07, 6.45) is 0. The van der Waals surface area contributed by atoms with E-state index in [1.807, 2.05) is 30.3 Å². The number of rotatable bonds is 9. The number of carbonyl (C=O) groups excluding carboxylic acids is 2. The van der Waals surface area contributed by atoms with Gasteiger partial charge in [0.1, 0.15) is 41.6 Å². The summed E-state index contributed by atoms with van der Waals surface area (Å²) in [7, 11) is 0. The van der Waals surface area contributed by atoms with Gasteiger partial charge in [0.05, 0.1) is 6.61 Å². The van der Waals surface area contributed by atoms with E-state index in [0.29, 0.717) is 16.8 Å².